The summed E-state index contributed by atoms with van der Waals surface area (Å²) in [7, 11) is 1.39. The Bertz CT molecular complexity index is 452. The first-order valence-electron chi connectivity index (χ1n) is 4.26. The Morgan fingerprint density at radius 1 is 1.60 bits per heavy atom. The van der Waals surface area contributed by atoms with Crippen LogP contribution in [-0.2, 0) is 9.05 Å². The van der Waals surface area contributed by atoms with Crippen LogP contribution in [0.3, 0.4) is 0 Å². The van der Waals surface area contributed by atoms with Gasteiger partial charge in [-0.2, -0.15) is 0 Å². The molecule has 0 atom stereocenters. The largest absolute Gasteiger partial charge is 0.351 e. The maximum absolute atomic E-state index is 11.4. The maximum atomic E-state index is 11.4. The number of halogens is 1. The molecule has 0 fully saturated rings. The lowest BCUT2D eigenvalue weighted by molar-refractivity contribution is 0.0957. The highest BCUT2D eigenvalue weighted by molar-refractivity contribution is 8.13. The van der Waals surface area contributed by atoms with Crippen molar-refractivity contribution in [1.82, 2.24) is 5.32 Å². The molecule has 15 heavy (non-hydrogen) atoms. The van der Waals surface area contributed by atoms with Gasteiger partial charge in [-0.05, 0) is 12.5 Å². The number of hydrogen-bond donors (Lipinski definition) is 1. The predicted molar refractivity (Wildman–Crippen MR) is 60.0 cm³/mol. The maximum Gasteiger partial charge on any atom is 0.262 e. The molecule has 1 heterocycles. The van der Waals surface area contributed by atoms with Crippen LogP contribution in [-0.4, -0.2) is 20.9 Å². The van der Waals surface area contributed by atoms with Crippen LogP contribution < -0.4 is 5.32 Å². The average Bonchev–Trinajstić information content (AvgIpc) is 2.62. The number of thiophene rings is 1. The molecule has 0 aliphatic rings. The smallest absolute Gasteiger partial charge is 0.262 e. The SMILES string of the molecule is CCCNC(=O)c1cc(S(=O)(=O)Cl)cs1. The van der Waals surface area contributed by atoms with Crippen molar-refractivity contribution in [2.75, 3.05) is 6.54 Å². The normalized spacial score (nSPS) is 11.3. The summed E-state index contributed by atoms with van der Waals surface area (Å²) in [5.74, 6) is -0.270. The molecule has 1 aromatic heterocycles. The molecule has 0 unspecified atom stereocenters. The topological polar surface area (TPSA) is 63.2 Å². The van der Waals surface area contributed by atoms with Gasteiger partial charge in [-0.1, -0.05) is 6.92 Å². The molecule has 84 valence electrons. The molecule has 1 N–H and O–H groups in total. The molecular formula is C8H10ClNO3S2. The van der Waals surface area contributed by atoms with E-state index in [1.165, 1.54) is 11.4 Å². The summed E-state index contributed by atoms with van der Waals surface area (Å²) in [6, 6.07) is 1.28. The second kappa shape index (κ2) is 4.96. The van der Waals surface area contributed by atoms with Gasteiger partial charge < -0.3 is 5.32 Å². The first-order valence-corrected chi connectivity index (χ1v) is 7.45. The first kappa shape index (κ1) is 12.5. The van der Waals surface area contributed by atoms with E-state index < -0.39 is 9.05 Å². The second-order valence-corrected chi connectivity index (χ2v) is 6.32. The van der Waals surface area contributed by atoms with E-state index in [2.05, 4.69) is 5.32 Å². The van der Waals surface area contributed by atoms with E-state index in [0.717, 1.165) is 17.8 Å². The van der Waals surface area contributed by atoms with E-state index in [0.29, 0.717) is 11.4 Å². The number of nitrogens with one attached hydrogen (secondary N) is 1. The van der Waals surface area contributed by atoms with Gasteiger partial charge in [0.2, 0.25) is 0 Å². The molecule has 0 saturated heterocycles. The van der Waals surface area contributed by atoms with Crippen LogP contribution in [0.1, 0.15) is 23.0 Å². The molecule has 0 spiro atoms. The Kier molecular flexibility index (Phi) is 4.12. The summed E-state index contributed by atoms with van der Waals surface area (Å²) >= 11 is 1.06. The van der Waals surface area contributed by atoms with E-state index in [-0.39, 0.29) is 10.8 Å². The first-order chi connectivity index (χ1) is 6.95. The van der Waals surface area contributed by atoms with Crippen LogP contribution in [0.25, 0.3) is 0 Å². The zero-order chi connectivity index (χ0) is 11.5. The van der Waals surface area contributed by atoms with E-state index in [9.17, 15) is 13.2 Å². The third kappa shape index (κ3) is 3.48. The number of carbonyl (C=O) groups excluding carboxylic acids is 1. The zero-order valence-electron chi connectivity index (χ0n) is 7.99. The Hall–Kier alpha value is -0.590. The van der Waals surface area contributed by atoms with Crippen molar-refractivity contribution in [3.8, 4) is 0 Å². The highest BCUT2D eigenvalue weighted by Crippen LogP contribution is 2.22. The van der Waals surface area contributed by atoms with Crippen molar-refractivity contribution < 1.29 is 13.2 Å². The number of amides is 1. The Labute approximate surface area is 96.7 Å². The van der Waals surface area contributed by atoms with Crippen LogP contribution in [0.15, 0.2) is 16.3 Å². The number of hydrogen-bond acceptors (Lipinski definition) is 4. The fraction of sp³-hybridized carbons (Fsp3) is 0.375. The minimum atomic E-state index is -3.73. The van der Waals surface area contributed by atoms with Crippen LogP contribution in [0.2, 0.25) is 0 Å². The van der Waals surface area contributed by atoms with Crippen molar-refractivity contribution in [3.05, 3.63) is 16.3 Å². The molecular weight excluding hydrogens is 258 g/mol. The van der Waals surface area contributed by atoms with Crippen LogP contribution in [0.4, 0.5) is 0 Å². The summed E-state index contributed by atoms with van der Waals surface area (Å²) in [4.78, 5) is 11.7. The highest BCUT2D eigenvalue weighted by Gasteiger charge is 2.15. The predicted octanol–water partition coefficient (Wildman–Crippen LogP) is 1.82. The van der Waals surface area contributed by atoms with Gasteiger partial charge in [0.15, 0.2) is 0 Å². The average molecular weight is 268 g/mol. The number of rotatable bonds is 4. The van der Waals surface area contributed by atoms with Crippen molar-refractivity contribution in [2.24, 2.45) is 0 Å². The van der Waals surface area contributed by atoms with Crippen molar-refractivity contribution in [3.63, 3.8) is 0 Å². The van der Waals surface area contributed by atoms with Gasteiger partial charge in [0.25, 0.3) is 15.0 Å². The Morgan fingerprint density at radius 2 is 2.27 bits per heavy atom. The highest BCUT2D eigenvalue weighted by atomic mass is 35.7. The molecule has 0 saturated carbocycles. The Balaban J connectivity index is 2.81. The van der Waals surface area contributed by atoms with E-state index >= 15 is 0 Å². The zero-order valence-corrected chi connectivity index (χ0v) is 10.4. The third-order valence-electron chi connectivity index (χ3n) is 1.62. The van der Waals surface area contributed by atoms with Gasteiger partial charge in [0.05, 0.1) is 9.77 Å². The van der Waals surface area contributed by atoms with Crippen molar-refractivity contribution in [2.45, 2.75) is 18.2 Å². The molecule has 0 bridgehead atoms. The fourth-order valence-corrected chi connectivity index (χ4v) is 2.98. The van der Waals surface area contributed by atoms with E-state index in [4.69, 9.17) is 10.7 Å². The van der Waals surface area contributed by atoms with Gasteiger partial charge in [-0.15, -0.1) is 11.3 Å². The van der Waals surface area contributed by atoms with Gasteiger partial charge >= 0.3 is 0 Å². The fourth-order valence-electron chi connectivity index (χ4n) is 0.891. The molecule has 1 amide bonds. The summed E-state index contributed by atoms with van der Waals surface area (Å²) in [6.45, 7) is 2.50. The summed E-state index contributed by atoms with van der Waals surface area (Å²) < 4.78 is 21.8. The summed E-state index contributed by atoms with van der Waals surface area (Å²) in [5.41, 5.74) is 0. The lowest BCUT2D eigenvalue weighted by Gasteiger charge is -1.98. The van der Waals surface area contributed by atoms with Gasteiger partial charge in [-0.3, -0.25) is 4.79 Å². The third-order valence-corrected chi connectivity index (χ3v) is 4.03. The molecule has 0 aromatic carbocycles. The minimum absolute atomic E-state index is 0.0317. The molecule has 4 nitrogen and oxygen atoms in total. The van der Waals surface area contributed by atoms with Crippen LogP contribution >= 0.6 is 22.0 Å². The van der Waals surface area contributed by atoms with Crippen LogP contribution in [0, 0.1) is 0 Å². The second-order valence-electron chi connectivity index (χ2n) is 2.84. The molecule has 0 aliphatic heterocycles. The lowest BCUT2D eigenvalue weighted by Crippen LogP contribution is -2.22. The number of carbonyl (C=O) groups is 1. The molecule has 1 aromatic rings. The quantitative estimate of drug-likeness (QED) is 0.847. The van der Waals surface area contributed by atoms with E-state index in [1.807, 2.05) is 6.92 Å². The minimum Gasteiger partial charge on any atom is -0.351 e. The summed E-state index contributed by atoms with van der Waals surface area (Å²) in [5, 5.41) is 4.00. The Morgan fingerprint density at radius 3 is 2.73 bits per heavy atom. The lowest BCUT2D eigenvalue weighted by atomic mass is 10.4. The van der Waals surface area contributed by atoms with Crippen molar-refractivity contribution >= 4 is 37.0 Å². The van der Waals surface area contributed by atoms with Gasteiger partial charge in [-0.25, -0.2) is 8.42 Å². The van der Waals surface area contributed by atoms with Gasteiger partial charge in [0.1, 0.15) is 0 Å². The molecule has 7 heteroatoms. The van der Waals surface area contributed by atoms with E-state index in [1.54, 1.807) is 0 Å². The molecule has 0 aliphatic carbocycles. The molecule has 1 rings (SSSR count). The summed E-state index contributed by atoms with van der Waals surface area (Å²) in [6.07, 6.45) is 0.831. The monoisotopic (exact) mass is 267 g/mol. The van der Waals surface area contributed by atoms with Crippen molar-refractivity contribution in [1.29, 1.82) is 0 Å². The van der Waals surface area contributed by atoms with Gasteiger partial charge in [0, 0.05) is 22.6 Å². The standard InChI is InChI=1S/C8H10ClNO3S2/c1-2-3-10-8(11)7-4-6(5-14-7)15(9,12)13/h4-5H,2-3H2,1H3,(H,10,11). The molecule has 0 radical (unpaired) electrons. The van der Waals surface area contributed by atoms with Crippen LogP contribution in [0.5, 0.6) is 0 Å².